The molecule has 1 amide bonds. The molecular weight excluding hydrogens is 430 g/mol. The maximum absolute atomic E-state index is 13.9. The molecule has 0 spiro atoms. The van der Waals surface area contributed by atoms with E-state index in [1.54, 1.807) is 0 Å². The fourth-order valence-corrected chi connectivity index (χ4v) is 4.83. The van der Waals surface area contributed by atoms with E-state index in [1.807, 2.05) is 0 Å². The van der Waals surface area contributed by atoms with Gasteiger partial charge in [-0.1, -0.05) is 12.1 Å². The van der Waals surface area contributed by atoms with Crippen LogP contribution in [0.4, 0.5) is 8.78 Å². The molecule has 1 saturated heterocycles. The number of carbonyl (C=O) groups is 1. The van der Waals surface area contributed by atoms with Gasteiger partial charge in [0.25, 0.3) is 5.91 Å². The smallest absolute Gasteiger partial charge is 0.251 e. The van der Waals surface area contributed by atoms with Crippen LogP contribution in [-0.2, 0) is 14.8 Å². The van der Waals surface area contributed by atoms with Gasteiger partial charge in [-0.05, 0) is 55.7 Å². The van der Waals surface area contributed by atoms with Gasteiger partial charge in [-0.15, -0.1) is 0 Å². The number of aliphatic hydroxyl groups excluding tert-OH is 1. The predicted molar refractivity (Wildman–Crippen MR) is 109 cm³/mol. The lowest BCUT2D eigenvalue weighted by Gasteiger charge is -2.36. The Bertz CT molecular complexity index is 1000. The number of carbonyl (C=O) groups excluding carboxylic acids is 1. The van der Waals surface area contributed by atoms with Crippen molar-refractivity contribution in [2.75, 3.05) is 13.2 Å². The van der Waals surface area contributed by atoms with Crippen LogP contribution in [0, 0.1) is 11.6 Å². The number of benzene rings is 2. The van der Waals surface area contributed by atoms with Crippen LogP contribution in [0.5, 0.6) is 0 Å². The third-order valence-electron chi connectivity index (χ3n) is 5.09. The highest BCUT2D eigenvalue weighted by atomic mass is 32.2. The molecule has 0 aromatic heterocycles. The average molecular weight is 454 g/mol. The van der Waals surface area contributed by atoms with Crippen molar-refractivity contribution in [2.24, 2.45) is 0 Å². The molecule has 2 aromatic carbocycles. The van der Waals surface area contributed by atoms with Crippen molar-refractivity contribution in [3.63, 3.8) is 0 Å². The number of ether oxygens (including phenoxy) is 1. The number of aliphatic hydroxyl groups is 1. The maximum atomic E-state index is 13.9. The number of hydrogen-bond acceptors (Lipinski definition) is 5. The fourth-order valence-electron chi connectivity index (χ4n) is 3.45. The Morgan fingerprint density at radius 3 is 2.48 bits per heavy atom. The number of sulfonamides is 1. The summed E-state index contributed by atoms with van der Waals surface area (Å²) in [6.45, 7) is -0.118. The van der Waals surface area contributed by atoms with Crippen LogP contribution >= 0.6 is 0 Å². The molecule has 1 fully saturated rings. The van der Waals surface area contributed by atoms with Gasteiger partial charge in [0.15, 0.2) is 0 Å². The summed E-state index contributed by atoms with van der Waals surface area (Å²) in [5.41, 5.74) is 0.335. The summed E-state index contributed by atoms with van der Waals surface area (Å²) in [5, 5.41) is 12.4. The molecule has 31 heavy (non-hydrogen) atoms. The Labute approximate surface area is 179 Å². The van der Waals surface area contributed by atoms with E-state index < -0.39 is 45.3 Å². The third-order valence-corrected chi connectivity index (χ3v) is 6.61. The number of amides is 1. The molecule has 0 bridgehead atoms. The Balaban J connectivity index is 1.51. The molecular formula is C21H24F2N2O5S. The highest BCUT2D eigenvalue weighted by Gasteiger charge is 2.34. The van der Waals surface area contributed by atoms with Gasteiger partial charge in [0.05, 0.1) is 24.9 Å². The van der Waals surface area contributed by atoms with E-state index in [-0.39, 0.29) is 12.0 Å². The molecule has 7 nitrogen and oxygen atoms in total. The summed E-state index contributed by atoms with van der Waals surface area (Å²) in [6.07, 6.45) is 0.243. The molecule has 0 saturated carbocycles. The Kier molecular flexibility index (Phi) is 7.71. The summed E-state index contributed by atoms with van der Waals surface area (Å²) in [4.78, 5) is 11.6. The van der Waals surface area contributed by atoms with Gasteiger partial charge in [0, 0.05) is 12.1 Å². The topological polar surface area (TPSA) is 105 Å². The minimum absolute atomic E-state index is 0.292. The zero-order valence-electron chi connectivity index (χ0n) is 16.6. The largest absolute Gasteiger partial charge is 0.394 e. The first-order valence-electron chi connectivity index (χ1n) is 9.87. The van der Waals surface area contributed by atoms with Gasteiger partial charge in [-0.2, -0.15) is 0 Å². The molecule has 2 aromatic rings. The van der Waals surface area contributed by atoms with Crippen LogP contribution in [0.3, 0.4) is 0 Å². The molecule has 3 atom stereocenters. The minimum atomic E-state index is -4.11. The summed E-state index contributed by atoms with van der Waals surface area (Å²) in [7, 11) is -4.11. The normalized spacial score (nSPS) is 21.6. The highest BCUT2D eigenvalue weighted by Crippen LogP contribution is 2.24. The van der Waals surface area contributed by atoms with Crippen molar-refractivity contribution < 1.29 is 31.8 Å². The monoisotopic (exact) mass is 454 g/mol. The van der Waals surface area contributed by atoms with E-state index in [0.717, 1.165) is 6.07 Å². The SMILES string of the molecule is O=C(NCC[C@H]1CC[C@@H](NS(=O)(=O)c2ccccc2F)[C@@H](CO)O1)c1ccc(F)cc1. The maximum Gasteiger partial charge on any atom is 0.251 e. The standard InChI is InChI=1S/C21H24F2N2O5S/c22-15-7-5-14(6-8-15)21(27)24-12-11-16-9-10-18(19(13-26)30-16)25-31(28,29)20-4-2-1-3-17(20)23/h1-8,16,18-19,25-26H,9-13H2,(H,24,27)/t16-,18-,19-/m1/s1. The molecule has 0 unspecified atom stereocenters. The van der Waals surface area contributed by atoms with Gasteiger partial charge < -0.3 is 15.2 Å². The molecule has 0 aliphatic carbocycles. The first kappa shape index (κ1) is 23.3. The van der Waals surface area contributed by atoms with Crippen molar-refractivity contribution in [3.8, 4) is 0 Å². The van der Waals surface area contributed by atoms with Gasteiger partial charge in [0.1, 0.15) is 16.5 Å². The summed E-state index contributed by atoms with van der Waals surface area (Å²) in [6, 6.07) is 9.52. The summed E-state index contributed by atoms with van der Waals surface area (Å²) >= 11 is 0. The van der Waals surface area contributed by atoms with Gasteiger partial charge in [-0.25, -0.2) is 21.9 Å². The molecule has 3 N–H and O–H groups in total. The van der Waals surface area contributed by atoms with Crippen LogP contribution in [0.25, 0.3) is 0 Å². The van der Waals surface area contributed by atoms with Crippen molar-refractivity contribution in [2.45, 2.75) is 42.4 Å². The molecule has 1 aliphatic rings. The fraction of sp³-hybridized carbons (Fsp3) is 0.381. The molecule has 10 heteroatoms. The van der Waals surface area contributed by atoms with Gasteiger partial charge in [0.2, 0.25) is 10.0 Å². The van der Waals surface area contributed by atoms with Gasteiger partial charge in [-0.3, -0.25) is 4.79 Å². The molecule has 1 aliphatic heterocycles. The van der Waals surface area contributed by atoms with Crippen LogP contribution in [0.15, 0.2) is 53.4 Å². The quantitative estimate of drug-likeness (QED) is 0.566. The predicted octanol–water partition coefficient (Wildman–Crippen LogP) is 1.97. The lowest BCUT2D eigenvalue weighted by molar-refractivity contribution is -0.0871. The number of rotatable bonds is 8. The average Bonchev–Trinajstić information content (AvgIpc) is 2.75. The summed E-state index contributed by atoms with van der Waals surface area (Å²) in [5.74, 6) is -1.63. The number of halogens is 2. The first-order chi connectivity index (χ1) is 14.8. The third kappa shape index (κ3) is 6.07. The van der Waals surface area contributed by atoms with E-state index in [4.69, 9.17) is 4.74 Å². The first-order valence-corrected chi connectivity index (χ1v) is 11.4. The van der Waals surface area contributed by atoms with Crippen LogP contribution in [-0.4, -0.2) is 50.8 Å². The number of nitrogens with one attached hydrogen (secondary N) is 2. The van der Waals surface area contributed by atoms with Crippen LogP contribution < -0.4 is 10.0 Å². The second kappa shape index (κ2) is 10.3. The lowest BCUT2D eigenvalue weighted by atomic mass is 9.98. The highest BCUT2D eigenvalue weighted by molar-refractivity contribution is 7.89. The van der Waals surface area contributed by atoms with Crippen LogP contribution in [0.1, 0.15) is 29.6 Å². The molecule has 1 heterocycles. The molecule has 168 valence electrons. The van der Waals surface area contributed by atoms with Crippen molar-refractivity contribution in [1.29, 1.82) is 0 Å². The summed E-state index contributed by atoms with van der Waals surface area (Å²) < 4.78 is 60.0. The molecule has 0 radical (unpaired) electrons. The van der Waals surface area contributed by atoms with Crippen molar-refractivity contribution >= 4 is 15.9 Å². The lowest BCUT2D eigenvalue weighted by Crippen LogP contribution is -2.51. The van der Waals surface area contributed by atoms with E-state index in [1.165, 1.54) is 42.5 Å². The molecule has 3 rings (SSSR count). The second-order valence-electron chi connectivity index (χ2n) is 7.27. The van der Waals surface area contributed by atoms with E-state index in [9.17, 15) is 27.1 Å². The zero-order chi connectivity index (χ0) is 22.4. The Hall–Kier alpha value is -2.40. The van der Waals surface area contributed by atoms with Crippen molar-refractivity contribution in [3.05, 3.63) is 65.7 Å². The zero-order valence-corrected chi connectivity index (χ0v) is 17.4. The minimum Gasteiger partial charge on any atom is -0.394 e. The van der Waals surface area contributed by atoms with Crippen molar-refractivity contribution in [1.82, 2.24) is 10.0 Å². The number of hydrogen-bond donors (Lipinski definition) is 3. The Morgan fingerprint density at radius 1 is 1.10 bits per heavy atom. The Morgan fingerprint density at radius 2 is 1.81 bits per heavy atom. The van der Waals surface area contributed by atoms with E-state index >= 15 is 0 Å². The second-order valence-corrected chi connectivity index (χ2v) is 8.95. The van der Waals surface area contributed by atoms with E-state index in [2.05, 4.69) is 10.0 Å². The van der Waals surface area contributed by atoms with E-state index in [0.29, 0.717) is 31.4 Å². The van der Waals surface area contributed by atoms with Crippen LogP contribution in [0.2, 0.25) is 0 Å². The van der Waals surface area contributed by atoms with Gasteiger partial charge >= 0.3 is 0 Å².